The molecule has 2 aliphatic rings. The lowest BCUT2D eigenvalue weighted by molar-refractivity contribution is -0.116. The second-order valence-corrected chi connectivity index (χ2v) is 9.18. The molecular formula is C22H24N4O3S. The molecule has 3 aromatic rings. The van der Waals surface area contributed by atoms with E-state index in [-0.39, 0.29) is 18.4 Å². The predicted molar refractivity (Wildman–Crippen MR) is 115 cm³/mol. The van der Waals surface area contributed by atoms with E-state index in [2.05, 4.69) is 21.5 Å². The SMILES string of the molecule is COC(=O)c1c(NC(=O)Cn2nc(C)c3c(C4CC4)ccnc32)sc2c1CCCC2. The number of thiophene rings is 1. The number of esters is 1. The smallest absolute Gasteiger partial charge is 0.341 e. The first-order chi connectivity index (χ1) is 14.6. The van der Waals surface area contributed by atoms with Crippen molar-refractivity contribution in [3.05, 3.63) is 39.5 Å². The van der Waals surface area contributed by atoms with Crippen LogP contribution in [0.15, 0.2) is 12.3 Å². The van der Waals surface area contributed by atoms with Crippen LogP contribution >= 0.6 is 11.3 Å². The van der Waals surface area contributed by atoms with E-state index in [4.69, 9.17) is 4.74 Å². The van der Waals surface area contributed by atoms with Crippen molar-refractivity contribution in [2.45, 2.75) is 57.9 Å². The molecule has 2 aliphatic carbocycles. The maximum absolute atomic E-state index is 12.9. The van der Waals surface area contributed by atoms with Crippen LogP contribution in [-0.2, 0) is 28.9 Å². The highest BCUT2D eigenvalue weighted by atomic mass is 32.1. The van der Waals surface area contributed by atoms with E-state index in [1.165, 1.54) is 41.7 Å². The highest BCUT2D eigenvalue weighted by molar-refractivity contribution is 7.17. The lowest BCUT2D eigenvalue weighted by Gasteiger charge is -2.11. The molecule has 3 aromatic heterocycles. The first-order valence-corrected chi connectivity index (χ1v) is 11.2. The molecule has 5 rings (SSSR count). The summed E-state index contributed by atoms with van der Waals surface area (Å²) in [6.07, 6.45) is 8.14. The van der Waals surface area contributed by atoms with Crippen LogP contribution in [-0.4, -0.2) is 33.8 Å². The number of amides is 1. The minimum atomic E-state index is -0.388. The monoisotopic (exact) mass is 424 g/mol. The summed E-state index contributed by atoms with van der Waals surface area (Å²) in [4.78, 5) is 31.0. The first kappa shape index (κ1) is 19.2. The quantitative estimate of drug-likeness (QED) is 0.626. The van der Waals surface area contributed by atoms with E-state index >= 15 is 0 Å². The second-order valence-electron chi connectivity index (χ2n) is 8.07. The largest absolute Gasteiger partial charge is 0.465 e. The number of anilines is 1. The summed E-state index contributed by atoms with van der Waals surface area (Å²) >= 11 is 1.49. The van der Waals surface area contributed by atoms with E-state index < -0.39 is 0 Å². The van der Waals surface area contributed by atoms with Gasteiger partial charge in [-0.3, -0.25) is 4.79 Å². The van der Waals surface area contributed by atoms with Crippen molar-refractivity contribution in [3.63, 3.8) is 0 Å². The Morgan fingerprint density at radius 1 is 1.30 bits per heavy atom. The number of carbonyl (C=O) groups excluding carboxylic acids is 2. The lowest BCUT2D eigenvalue weighted by Crippen LogP contribution is -2.21. The van der Waals surface area contributed by atoms with Crippen LogP contribution in [0.1, 0.15) is 63.7 Å². The van der Waals surface area contributed by atoms with Crippen molar-refractivity contribution in [3.8, 4) is 0 Å². The van der Waals surface area contributed by atoms with Crippen molar-refractivity contribution >= 4 is 39.2 Å². The summed E-state index contributed by atoms with van der Waals surface area (Å²) < 4.78 is 6.66. The number of fused-ring (bicyclic) bond motifs is 2. The number of methoxy groups -OCH3 is 1. The molecule has 7 nitrogen and oxygen atoms in total. The zero-order valence-electron chi connectivity index (χ0n) is 17.2. The summed E-state index contributed by atoms with van der Waals surface area (Å²) in [5, 5.41) is 9.18. The Morgan fingerprint density at radius 2 is 2.10 bits per heavy atom. The molecule has 1 N–H and O–H groups in total. The highest BCUT2D eigenvalue weighted by Gasteiger charge is 2.29. The Hall–Kier alpha value is -2.74. The molecule has 0 atom stereocenters. The number of aryl methyl sites for hydroxylation is 2. The molecular weight excluding hydrogens is 400 g/mol. The second kappa shape index (κ2) is 7.50. The molecule has 0 aliphatic heterocycles. The van der Waals surface area contributed by atoms with Crippen LogP contribution in [0.3, 0.4) is 0 Å². The Balaban J connectivity index is 1.43. The third-order valence-corrected chi connectivity index (χ3v) is 7.17. The number of hydrogen-bond acceptors (Lipinski definition) is 6. The molecule has 0 unspecified atom stereocenters. The van der Waals surface area contributed by atoms with Crippen molar-refractivity contribution in [1.82, 2.24) is 14.8 Å². The minimum Gasteiger partial charge on any atom is -0.465 e. The Kier molecular flexibility index (Phi) is 4.81. The third-order valence-electron chi connectivity index (χ3n) is 5.96. The van der Waals surface area contributed by atoms with Crippen molar-refractivity contribution in [2.24, 2.45) is 0 Å². The standard InChI is InChI=1S/C22H24N4O3S/c1-12-18-14(13-7-8-13)9-10-23-20(18)26(25-12)11-17(27)24-21-19(22(28)29-2)15-5-3-4-6-16(15)30-21/h9-10,13H,3-8,11H2,1-2H3,(H,24,27). The van der Waals surface area contributed by atoms with Gasteiger partial charge in [0.05, 0.1) is 18.4 Å². The van der Waals surface area contributed by atoms with Crippen molar-refractivity contribution in [2.75, 3.05) is 12.4 Å². The van der Waals surface area contributed by atoms with Gasteiger partial charge in [-0.15, -0.1) is 11.3 Å². The van der Waals surface area contributed by atoms with Crippen LogP contribution in [0.2, 0.25) is 0 Å². The Labute approximate surface area is 178 Å². The number of hydrogen-bond donors (Lipinski definition) is 1. The van der Waals surface area contributed by atoms with E-state index in [0.717, 1.165) is 48.0 Å². The van der Waals surface area contributed by atoms with Gasteiger partial charge in [-0.05, 0) is 68.6 Å². The van der Waals surface area contributed by atoms with Gasteiger partial charge in [-0.25, -0.2) is 14.5 Å². The molecule has 1 saturated carbocycles. The summed E-state index contributed by atoms with van der Waals surface area (Å²) in [6.45, 7) is 2.02. The average molecular weight is 425 g/mol. The molecule has 1 fully saturated rings. The number of nitrogens with one attached hydrogen (secondary N) is 1. The van der Waals surface area contributed by atoms with E-state index in [0.29, 0.717) is 16.5 Å². The first-order valence-electron chi connectivity index (χ1n) is 10.4. The van der Waals surface area contributed by atoms with Gasteiger partial charge in [-0.1, -0.05) is 0 Å². The van der Waals surface area contributed by atoms with Crippen LogP contribution < -0.4 is 5.32 Å². The predicted octanol–water partition coefficient (Wildman–Crippen LogP) is 3.98. The molecule has 0 spiro atoms. The van der Waals surface area contributed by atoms with Gasteiger partial charge < -0.3 is 10.1 Å². The van der Waals surface area contributed by atoms with Gasteiger partial charge in [-0.2, -0.15) is 5.10 Å². The normalized spacial score (nSPS) is 15.8. The van der Waals surface area contributed by atoms with Gasteiger partial charge in [0, 0.05) is 16.5 Å². The van der Waals surface area contributed by atoms with Gasteiger partial charge in [0.15, 0.2) is 5.65 Å². The lowest BCUT2D eigenvalue weighted by atomic mass is 9.95. The van der Waals surface area contributed by atoms with Crippen LogP contribution in [0, 0.1) is 6.92 Å². The Morgan fingerprint density at radius 3 is 2.87 bits per heavy atom. The van der Waals surface area contributed by atoms with E-state index in [1.807, 2.05) is 6.92 Å². The minimum absolute atomic E-state index is 0.0502. The topological polar surface area (TPSA) is 86.1 Å². The fraction of sp³-hybridized carbons (Fsp3) is 0.455. The van der Waals surface area contributed by atoms with Gasteiger partial charge >= 0.3 is 5.97 Å². The fourth-order valence-electron chi connectivity index (χ4n) is 4.43. The Bertz CT molecular complexity index is 1160. The molecule has 0 radical (unpaired) electrons. The maximum Gasteiger partial charge on any atom is 0.341 e. The molecule has 0 saturated heterocycles. The zero-order valence-corrected chi connectivity index (χ0v) is 18.0. The summed E-state index contributed by atoms with van der Waals surface area (Å²) in [5.74, 6) is -0.0247. The van der Waals surface area contributed by atoms with Crippen molar-refractivity contribution < 1.29 is 14.3 Å². The number of nitrogens with zero attached hydrogens (tertiary/aromatic N) is 3. The molecule has 3 heterocycles. The molecule has 0 aromatic carbocycles. The molecule has 156 valence electrons. The summed E-state index contributed by atoms with van der Waals surface area (Å²) in [7, 11) is 1.38. The van der Waals surface area contributed by atoms with Crippen LogP contribution in [0.4, 0.5) is 5.00 Å². The summed E-state index contributed by atoms with van der Waals surface area (Å²) in [5.41, 5.74) is 4.47. The average Bonchev–Trinajstić information content (AvgIpc) is 3.46. The maximum atomic E-state index is 12.9. The number of aromatic nitrogens is 3. The molecule has 0 bridgehead atoms. The van der Waals surface area contributed by atoms with Crippen LogP contribution in [0.25, 0.3) is 11.0 Å². The van der Waals surface area contributed by atoms with E-state index in [9.17, 15) is 9.59 Å². The molecule has 30 heavy (non-hydrogen) atoms. The van der Waals surface area contributed by atoms with Crippen LogP contribution in [0.5, 0.6) is 0 Å². The summed E-state index contributed by atoms with van der Waals surface area (Å²) in [6, 6.07) is 2.07. The molecule has 1 amide bonds. The zero-order chi connectivity index (χ0) is 20.8. The fourth-order valence-corrected chi connectivity index (χ4v) is 5.72. The van der Waals surface area contributed by atoms with Crippen molar-refractivity contribution in [1.29, 1.82) is 0 Å². The number of carbonyl (C=O) groups is 2. The van der Waals surface area contributed by atoms with Gasteiger partial charge in [0.1, 0.15) is 11.5 Å². The number of pyridine rings is 1. The van der Waals surface area contributed by atoms with Gasteiger partial charge in [0.2, 0.25) is 5.91 Å². The van der Waals surface area contributed by atoms with E-state index in [1.54, 1.807) is 10.9 Å². The number of ether oxygens (including phenoxy) is 1. The van der Waals surface area contributed by atoms with Gasteiger partial charge in [0.25, 0.3) is 0 Å². The third kappa shape index (κ3) is 3.29. The molecule has 8 heteroatoms. The number of rotatable bonds is 5. The highest BCUT2D eigenvalue weighted by Crippen LogP contribution is 2.43.